The van der Waals surface area contributed by atoms with Crippen molar-refractivity contribution in [2.45, 2.75) is 18.6 Å². The summed E-state index contributed by atoms with van der Waals surface area (Å²) in [5.74, 6) is 1.10. The first kappa shape index (κ1) is 20.8. The zero-order valence-electron chi connectivity index (χ0n) is 16.9. The van der Waals surface area contributed by atoms with E-state index < -0.39 is 23.7 Å². The Labute approximate surface area is 177 Å². The van der Waals surface area contributed by atoms with Gasteiger partial charge in [0.1, 0.15) is 23.3 Å². The summed E-state index contributed by atoms with van der Waals surface area (Å²) in [5.41, 5.74) is 0.741. The van der Waals surface area contributed by atoms with Crippen LogP contribution in [-0.2, 0) is 12.6 Å². The third-order valence-electron chi connectivity index (χ3n) is 5.37. The van der Waals surface area contributed by atoms with E-state index in [0.29, 0.717) is 30.2 Å². The van der Waals surface area contributed by atoms with Gasteiger partial charge >= 0.3 is 6.18 Å². The molecule has 8 heteroatoms. The van der Waals surface area contributed by atoms with Crippen LogP contribution in [0.25, 0.3) is 0 Å². The molecule has 0 saturated heterocycles. The van der Waals surface area contributed by atoms with Gasteiger partial charge in [-0.15, -0.1) is 0 Å². The third kappa shape index (κ3) is 3.85. The number of ether oxygens (including phenoxy) is 2. The lowest BCUT2D eigenvalue weighted by molar-refractivity contribution is -0.137. The molecule has 3 aromatic rings. The number of halogens is 3. The van der Waals surface area contributed by atoms with Crippen molar-refractivity contribution in [2.24, 2.45) is 0 Å². The summed E-state index contributed by atoms with van der Waals surface area (Å²) < 4.78 is 56.1. The first-order valence-electron chi connectivity index (χ1n) is 9.60. The van der Waals surface area contributed by atoms with Gasteiger partial charge in [-0.25, -0.2) is 0 Å². The van der Waals surface area contributed by atoms with E-state index in [2.05, 4.69) is 0 Å². The Morgan fingerprint density at radius 1 is 1.10 bits per heavy atom. The van der Waals surface area contributed by atoms with Gasteiger partial charge in [-0.2, -0.15) is 13.2 Å². The van der Waals surface area contributed by atoms with Crippen LogP contribution in [0, 0.1) is 0 Å². The minimum atomic E-state index is -4.54. The van der Waals surface area contributed by atoms with Gasteiger partial charge < -0.3 is 18.8 Å². The Morgan fingerprint density at radius 2 is 1.90 bits per heavy atom. The normalized spacial score (nSPS) is 16.0. The van der Waals surface area contributed by atoms with Crippen LogP contribution in [0.1, 0.15) is 38.9 Å². The van der Waals surface area contributed by atoms with Crippen LogP contribution in [0.4, 0.5) is 13.2 Å². The smallest absolute Gasteiger partial charge is 0.416 e. The van der Waals surface area contributed by atoms with E-state index in [4.69, 9.17) is 13.9 Å². The van der Waals surface area contributed by atoms with Crippen molar-refractivity contribution >= 4 is 5.91 Å². The lowest BCUT2D eigenvalue weighted by atomic mass is 9.89. The van der Waals surface area contributed by atoms with E-state index in [1.165, 1.54) is 30.4 Å². The number of amides is 1. The van der Waals surface area contributed by atoms with E-state index >= 15 is 0 Å². The van der Waals surface area contributed by atoms with Gasteiger partial charge in [-0.05, 0) is 48.4 Å². The van der Waals surface area contributed by atoms with Crippen LogP contribution in [0.15, 0.2) is 59.2 Å². The predicted octanol–water partition coefficient (Wildman–Crippen LogP) is 5.10. The molecule has 162 valence electrons. The molecule has 31 heavy (non-hydrogen) atoms. The molecule has 0 saturated carbocycles. The standard InChI is InChI=1S/C23H20F3NO4/c1-29-17-12-14-8-9-27(22(28)15-5-3-6-16(11-15)23(24,25)26)21(18-7-4-10-31-18)20(14)19(13-17)30-2/h3-7,10-13,21H,8-9H2,1-2H3. The summed E-state index contributed by atoms with van der Waals surface area (Å²) in [6.07, 6.45) is -2.55. The van der Waals surface area contributed by atoms with Crippen LogP contribution in [-0.4, -0.2) is 31.6 Å². The molecule has 0 bridgehead atoms. The molecule has 0 N–H and O–H groups in total. The quantitative estimate of drug-likeness (QED) is 0.577. The molecule has 1 unspecified atom stereocenters. The van der Waals surface area contributed by atoms with Gasteiger partial charge in [0.05, 0.1) is 26.0 Å². The Kier molecular flexibility index (Phi) is 5.39. The van der Waals surface area contributed by atoms with Crippen molar-refractivity contribution in [2.75, 3.05) is 20.8 Å². The molecule has 0 spiro atoms. The fraction of sp³-hybridized carbons (Fsp3) is 0.261. The summed E-state index contributed by atoms with van der Waals surface area (Å²) in [5, 5.41) is 0. The maximum atomic E-state index is 13.4. The van der Waals surface area contributed by atoms with Crippen molar-refractivity contribution in [3.05, 3.63) is 82.8 Å². The van der Waals surface area contributed by atoms with E-state index in [1.807, 2.05) is 6.07 Å². The minimum Gasteiger partial charge on any atom is -0.497 e. The van der Waals surface area contributed by atoms with Gasteiger partial charge in [0.25, 0.3) is 5.91 Å². The number of hydrogen-bond acceptors (Lipinski definition) is 4. The highest BCUT2D eigenvalue weighted by Crippen LogP contribution is 2.43. The maximum Gasteiger partial charge on any atom is 0.416 e. The highest BCUT2D eigenvalue weighted by atomic mass is 19.4. The Hall–Kier alpha value is -3.42. The zero-order chi connectivity index (χ0) is 22.2. The largest absolute Gasteiger partial charge is 0.497 e. The molecule has 1 aliphatic rings. The van der Waals surface area contributed by atoms with Gasteiger partial charge in [0, 0.05) is 23.7 Å². The summed E-state index contributed by atoms with van der Waals surface area (Å²) in [4.78, 5) is 14.9. The lowest BCUT2D eigenvalue weighted by Crippen LogP contribution is -2.40. The molecule has 0 radical (unpaired) electrons. The molecule has 1 aromatic heterocycles. The molecule has 4 rings (SSSR count). The Balaban J connectivity index is 1.82. The van der Waals surface area contributed by atoms with Crippen LogP contribution in [0.3, 0.4) is 0 Å². The lowest BCUT2D eigenvalue weighted by Gasteiger charge is -2.37. The van der Waals surface area contributed by atoms with Crippen molar-refractivity contribution < 1.29 is 31.9 Å². The highest BCUT2D eigenvalue weighted by molar-refractivity contribution is 5.95. The number of furan rings is 1. The van der Waals surface area contributed by atoms with Crippen LogP contribution >= 0.6 is 0 Å². The fourth-order valence-corrected chi connectivity index (χ4v) is 3.94. The van der Waals surface area contributed by atoms with Crippen molar-refractivity contribution in [3.8, 4) is 11.5 Å². The van der Waals surface area contributed by atoms with Crippen molar-refractivity contribution in [1.29, 1.82) is 0 Å². The fourth-order valence-electron chi connectivity index (χ4n) is 3.94. The number of hydrogen-bond donors (Lipinski definition) is 0. The average molecular weight is 431 g/mol. The van der Waals surface area contributed by atoms with E-state index in [-0.39, 0.29) is 5.56 Å². The number of carbonyl (C=O) groups is 1. The molecule has 2 heterocycles. The molecule has 1 amide bonds. The monoisotopic (exact) mass is 431 g/mol. The second-order valence-electron chi connectivity index (χ2n) is 7.15. The molecule has 1 aliphatic heterocycles. The van der Waals surface area contributed by atoms with Crippen LogP contribution < -0.4 is 9.47 Å². The summed E-state index contributed by atoms with van der Waals surface area (Å²) in [6.45, 7) is 0.295. The number of benzene rings is 2. The molecule has 2 aromatic carbocycles. The van der Waals surface area contributed by atoms with Gasteiger partial charge in [0.2, 0.25) is 0 Å². The van der Waals surface area contributed by atoms with E-state index in [9.17, 15) is 18.0 Å². The number of nitrogens with zero attached hydrogens (tertiary/aromatic N) is 1. The molecule has 0 aliphatic carbocycles. The van der Waals surface area contributed by atoms with Crippen LogP contribution in [0.5, 0.6) is 11.5 Å². The molecular formula is C23H20F3NO4. The molecule has 1 atom stereocenters. The topological polar surface area (TPSA) is 51.9 Å². The average Bonchev–Trinajstić information content (AvgIpc) is 3.31. The van der Waals surface area contributed by atoms with Gasteiger partial charge in [-0.1, -0.05) is 6.07 Å². The van der Waals surface area contributed by atoms with Crippen LogP contribution in [0.2, 0.25) is 0 Å². The summed E-state index contributed by atoms with van der Waals surface area (Å²) in [6, 6.07) is 10.8. The summed E-state index contributed by atoms with van der Waals surface area (Å²) >= 11 is 0. The Bertz CT molecular complexity index is 1080. The second kappa shape index (κ2) is 8.02. The SMILES string of the molecule is COc1cc2c(c(OC)c1)C(c1ccco1)N(C(=O)c1cccc(C(F)(F)F)c1)CC2. The number of rotatable bonds is 4. The van der Waals surface area contributed by atoms with E-state index in [1.54, 1.807) is 25.3 Å². The maximum absolute atomic E-state index is 13.4. The minimum absolute atomic E-state index is 0.0395. The number of carbonyl (C=O) groups excluding carboxylic acids is 1. The molecule has 0 fully saturated rings. The van der Waals surface area contributed by atoms with Crippen molar-refractivity contribution in [3.63, 3.8) is 0 Å². The van der Waals surface area contributed by atoms with E-state index in [0.717, 1.165) is 23.3 Å². The molecule has 5 nitrogen and oxygen atoms in total. The highest BCUT2D eigenvalue weighted by Gasteiger charge is 2.38. The number of fused-ring (bicyclic) bond motifs is 1. The predicted molar refractivity (Wildman–Crippen MR) is 106 cm³/mol. The first-order chi connectivity index (χ1) is 14.8. The number of alkyl halides is 3. The second-order valence-corrected chi connectivity index (χ2v) is 7.15. The summed E-state index contributed by atoms with van der Waals surface area (Å²) in [7, 11) is 3.07. The molecular weight excluding hydrogens is 411 g/mol. The first-order valence-corrected chi connectivity index (χ1v) is 9.60. The number of methoxy groups -OCH3 is 2. The Morgan fingerprint density at radius 3 is 2.55 bits per heavy atom. The zero-order valence-corrected chi connectivity index (χ0v) is 16.9. The van der Waals surface area contributed by atoms with Crippen molar-refractivity contribution in [1.82, 2.24) is 4.90 Å². The third-order valence-corrected chi connectivity index (χ3v) is 5.37. The van der Waals surface area contributed by atoms with Gasteiger partial charge in [-0.3, -0.25) is 4.79 Å². The van der Waals surface area contributed by atoms with Gasteiger partial charge in [0.15, 0.2) is 0 Å².